The van der Waals surface area contributed by atoms with Gasteiger partial charge < -0.3 is 14.2 Å². The summed E-state index contributed by atoms with van der Waals surface area (Å²) in [6.45, 7) is 4.92. The summed E-state index contributed by atoms with van der Waals surface area (Å²) < 4.78 is 15.5. The average Bonchev–Trinajstić information content (AvgIpc) is 2.62. The van der Waals surface area contributed by atoms with Crippen molar-refractivity contribution in [3.8, 4) is 11.5 Å². The number of carbonyl (C=O) groups is 2. The molecule has 25 heavy (non-hydrogen) atoms. The van der Waals surface area contributed by atoms with Gasteiger partial charge in [0.1, 0.15) is 11.5 Å². The molecule has 0 radical (unpaired) electrons. The molecular formula is C20H22O5. The van der Waals surface area contributed by atoms with E-state index in [2.05, 4.69) is 18.6 Å². The Morgan fingerprint density at radius 1 is 0.840 bits per heavy atom. The predicted octanol–water partition coefficient (Wildman–Crippen LogP) is 4.12. The molecule has 5 nitrogen and oxygen atoms in total. The fourth-order valence-corrected chi connectivity index (χ4v) is 2.04. The summed E-state index contributed by atoms with van der Waals surface area (Å²) in [5, 5.41) is 0. The molecule has 2 aromatic rings. The minimum Gasteiger partial charge on any atom is -0.494 e. The first-order chi connectivity index (χ1) is 12.0. The summed E-state index contributed by atoms with van der Waals surface area (Å²) in [5.74, 6) is 0.750. The molecule has 2 aromatic carbocycles. The summed E-state index contributed by atoms with van der Waals surface area (Å²) in [5.41, 5.74) is 0.818. The van der Waals surface area contributed by atoms with E-state index >= 15 is 0 Å². The predicted molar refractivity (Wildman–Crippen MR) is 94.1 cm³/mol. The minimum absolute atomic E-state index is 0.356. The highest BCUT2D eigenvalue weighted by Crippen LogP contribution is 2.17. The topological polar surface area (TPSA) is 61.8 Å². The molecule has 0 aliphatic carbocycles. The highest BCUT2D eigenvalue weighted by Gasteiger charge is 2.10. The zero-order valence-electron chi connectivity index (χ0n) is 14.7. The van der Waals surface area contributed by atoms with Crippen LogP contribution in [0.4, 0.5) is 0 Å². The third-order valence-electron chi connectivity index (χ3n) is 3.54. The van der Waals surface area contributed by atoms with Crippen molar-refractivity contribution >= 4 is 11.9 Å². The molecule has 0 aliphatic heterocycles. The number of hydrogen-bond acceptors (Lipinski definition) is 5. The second kappa shape index (κ2) is 8.87. The van der Waals surface area contributed by atoms with E-state index in [9.17, 15) is 9.59 Å². The highest BCUT2D eigenvalue weighted by atomic mass is 16.5. The fourth-order valence-electron chi connectivity index (χ4n) is 2.04. The Morgan fingerprint density at radius 3 is 1.88 bits per heavy atom. The average molecular weight is 342 g/mol. The molecule has 0 saturated carbocycles. The van der Waals surface area contributed by atoms with Crippen LogP contribution in [0.2, 0.25) is 0 Å². The van der Waals surface area contributed by atoms with Gasteiger partial charge in [-0.25, -0.2) is 9.59 Å². The summed E-state index contributed by atoms with van der Waals surface area (Å²) in [6, 6.07) is 13.0. The van der Waals surface area contributed by atoms with Crippen LogP contribution in [-0.4, -0.2) is 25.7 Å². The number of ether oxygens (including phenoxy) is 3. The van der Waals surface area contributed by atoms with Crippen molar-refractivity contribution in [3.63, 3.8) is 0 Å². The molecule has 0 spiro atoms. The van der Waals surface area contributed by atoms with Crippen molar-refractivity contribution in [2.24, 2.45) is 5.92 Å². The summed E-state index contributed by atoms with van der Waals surface area (Å²) in [4.78, 5) is 23.5. The molecule has 0 aromatic heterocycles. The van der Waals surface area contributed by atoms with Crippen LogP contribution in [0.1, 0.15) is 41.0 Å². The number of carbonyl (C=O) groups excluding carboxylic acids is 2. The van der Waals surface area contributed by atoms with Gasteiger partial charge >= 0.3 is 11.9 Å². The lowest BCUT2D eigenvalue weighted by Crippen LogP contribution is -2.09. The fraction of sp³-hybridized carbons (Fsp3) is 0.300. The molecule has 5 heteroatoms. The molecule has 0 atom stereocenters. The van der Waals surface area contributed by atoms with E-state index in [0.29, 0.717) is 29.4 Å². The van der Waals surface area contributed by atoms with Crippen LogP contribution in [0.15, 0.2) is 48.5 Å². The second-order valence-corrected chi connectivity index (χ2v) is 5.96. The van der Waals surface area contributed by atoms with Gasteiger partial charge in [0, 0.05) is 0 Å². The van der Waals surface area contributed by atoms with Crippen LogP contribution in [0.5, 0.6) is 11.5 Å². The number of rotatable bonds is 7. The van der Waals surface area contributed by atoms with Gasteiger partial charge in [-0.2, -0.15) is 0 Å². The summed E-state index contributed by atoms with van der Waals surface area (Å²) in [6.07, 6.45) is 0.978. The van der Waals surface area contributed by atoms with E-state index in [1.807, 2.05) is 0 Å². The summed E-state index contributed by atoms with van der Waals surface area (Å²) >= 11 is 0. The van der Waals surface area contributed by atoms with Gasteiger partial charge in [-0.1, -0.05) is 13.8 Å². The largest absolute Gasteiger partial charge is 0.494 e. The van der Waals surface area contributed by atoms with Crippen molar-refractivity contribution in [2.45, 2.75) is 20.3 Å². The van der Waals surface area contributed by atoms with Crippen LogP contribution in [0, 0.1) is 5.92 Å². The molecule has 0 N–H and O–H groups in total. The van der Waals surface area contributed by atoms with Gasteiger partial charge in [-0.15, -0.1) is 0 Å². The maximum atomic E-state index is 12.1. The number of methoxy groups -OCH3 is 1. The minimum atomic E-state index is -0.473. The number of benzene rings is 2. The quantitative estimate of drug-likeness (QED) is 0.559. The van der Waals surface area contributed by atoms with E-state index in [-0.39, 0.29) is 0 Å². The normalized spacial score (nSPS) is 10.4. The molecule has 0 saturated heterocycles. The number of hydrogen-bond donors (Lipinski definition) is 0. The van der Waals surface area contributed by atoms with Crippen LogP contribution < -0.4 is 9.47 Å². The van der Waals surface area contributed by atoms with Crippen molar-refractivity contribution in [1.82, 2.24) is 0 Å². The molecule has 0 bridgehead atoms. The third kappa shape index (κ3) is 5.64. The van der Waals surface area contributed by atoms with E-state index in [4.69, 9.17) is 9.47 Å². The van der Waals surface area contributed by atoms with E-state index in [1.165, 1.54) is 7.11 Å². The van der Waals surface area contributed by atoms with Gasteiger partial charge in [-0.05, 0) is 60.9 Å². The van der Waals surface area contributed by atoms with Gasteiger partial charge in [-0.3, -0.25) is 0 Å². The SMILES string of the molecule is COC(=O)c1ccc(OC(=O)c2ccc(OCCC(C)C)cc2)cc1. The molecular weight excluding hydrogens is 320 g/mol. The van der Waals surface area contributed by atoms with Crippen molar-refractivity contribution in [1.29, 1.82) is 0 Å². The van der Waals surface area contributed by atoms with Gasteiger partial charge in [0.25, 0.3) is 0 Å². The molecule has 0 amide bonds. The third-order valence-corrected chi connectivity index (χ3v) is 3.54. The molecule has 0 unspecified atom stereocenters. The molecule has 2 rings (SSSR count). The first kappa shape index (κ1) is 18.5. The molecule has 0 fully saturated rings. The van der Waals surface area contributed by atoms with Crippen molar-refractivity contribution in [3.05, 3.63) is 59.7 Å². The van der Waals surface area contributed by atoms with Crippen LogP contribution in [-0.2, 0) is 4.74 Å². The van der Waals surface area contributed by atoms with Gasteiger partial charge in [0.2, 0.25) is 0 Å². The Morgan fingerprint density at radius 2 is 1.36 bits per heavy atom. The molecule has 0 heterocycles. The van der Waals surface area contributed by atoms with Crippen LogP contribution in [0.3, 0.4) is 0 Å². The Labute approximate surface area is 147 Å². The lowest BCUT2D eigenvalue weighted by molar-refractivity contribution is 0.0600. The zero-order valence-corrected chi connectivity index (χ0v) is 14.7. The van der Waals surface area contributed by atoms with E-state index in [1.54, 1.807) is 48.5 Å². The Bertz CT molecular complexity index is 702. The molecule has 132 valence electrons. The Kier molecular flexibility index (Phi) is 6.57. The first-order valence-corrected chi connectivity index (χ1v) is 8.13. The van der Waals surface area contributed by atoms with Crippen molar-refractivity contribution in [2.75, 3.05) is 13.7 Å². The van der Waals surface area contributed by atoms with Crippen LogP contribution in [0.25, 0.3) is 0 Å². The standard InChI is InChI=1S/C20H22O5/c1-14(2)12-13-24-17-8-4-16(5-9-17)20(22)25-18-10-6-15(7-11-18)19(21)23-3/h4-11,14H,12-13H2,1-3H3. The lowest BCUT2D eigenvalue weighted by Gasteiger charge is -2.09. The van der Waals surface area contributed by atoms with E-state index in [0.717, 1.165) is 12.2 Å². The monoisotopic (exact) mass is 342 g/mol. The van der Waals surface area contributed by atoms with E-state index < -0.39 is 11.9 Å². The van der Waals surface area contributed by atoms with Gasteiger partial charge in [0.05, 0.1) is 24.8 Å². The van der Waals surface area contributed by atoms with Crippen molar-refractivity contribution < 1.29 is 23.8 Å². The Hall–Kier alpha value is -2.82. The second-order valence-electron chi connectivity index (χ2n) is 5.96. The van der Waals surface area contributed by atoms with Gasteiger partial charge in [0.15, 0.2) is 0 Å². The van der Waals surface area contributed by atoms with Crippen LogP contribution >= 0.6 is 0 Å². The zero-order chi connectivity index (χ0) is 18.2. The highest BCUT2D eigenvalue weighted by molar-refractivity contribution is 5.92. The molecule has 0 aliphatic rings. The maximum absolute atomic E-state index is 12.1. The number of esters is 2. The maximum Gasteiger partial charge on any atom is 0.343 e. The first-order valence-electron chi connectivity index (χ1n) is 8.13. The lowest BCUT2D eigenvalue weighted by atomic mass is 10.1. The summed E-state index contributed by atoms with van der Waals surface area (Å²) in [7, 11) is 1.31. The smallest absolute Gasteiger partial charge is 0.343 e. The Balaban J connectivity index is 1.93.